The number of pyridine rings is 1. The quantitative estimate of drug-likeness (QED) is 0.701. The molecule has 7 nitrogen and oxygen atoms in total. The Labute approximate surface area is 181 Å². The molecule has 162 valence electrons. The van der Waals surface area contributed by atoms with Crippen LogP contribution in [-0.4, -0.2) is 63.7 Å². The minimum atomic E-state index is -0.339. The van der Waals surface area contributed by atoms with Gasteiger partial charge in [0.15, 0.2) is 0 Å². The number of nitrogens with zero attached hydrogens (tertiary/aromatic N) is 4. The maximum Gasteiger partial charge on any atom is 0.220 e. The molecule has 1 atom stereocenters. The van der Waals surface area contributed by atoms with Gasteiger partial charge in [0.2, 0.25) is 5.91 Å². The molecule has 0 aliphatic carbocycles. The highest BCUT2D eigenvalue weighted by Crippen LogP contribution is 2.49. The molecule has 0 radical (unpaired) electrons. The molecule has 1 aromatic carbocycles. The van der Waals surface area contributed by atoms with E-state index in [-0.39, 0.29) is 24.0 Å². The molecule has 1 amide bonds. The van der Waals surface area contributed by atoms with Crippen LogP contribution in [0.15, 0.2) is 42.7 Å². The average molecular weight is 421 g/mol. The third kappa shape index (κ3) is 3.03. The van der Waals surface area contributed by atoms with Crippen LogP contribution in [0.2, 0.25) is 0 Å². The number of aliphatic hydroxyl groups excluding tert-OH is 1. The van der Waals surface area contributed by atoms with Gasteiger partial charge in [-0.25, -0.2) is 0 Å². The minimum absolute atomic E-state index is 0.00220. The molecular formula is C24H28N4O3. The molecule has 2 aliphatic heterocycles. The first-order valence-electron chi connectivity index (χ1n) is 10.6. The van der Waals surface area contributed by atoms with Crippen LogP contribution >= 0.6 is 0 Å². The normalized spacial score (nSPS) is 20.0. The molecule has 5 rings (SSSR count). The first-order chi connectivity index (χ1) is 15.0. The maximum atomic E-state index is 12.6. The van der Waals surface area contributed by atoms with Crippen molar-refractivity contribution in [3.63, 3.8) is 0 Å². The largest absolute Gasteiger partial charge is 0.497 e. The number of fused-ring (bicyclic) bond motifs is 4. The van der Waals surface area contributed by atoms with Crippen LogP contribution in [-0.2, 0) is 23.8 Å². The summed E-state index contributed by atoms with van der Waals surface area (Å²) in [7, 11) is 3.69. The van der Waals surface area contributed by atoms with Gasteiger partial charge >= 0.3 is 0 Å². The van der Waals surface area contributed by atoms with Crippen molar-refractivity contribution in [3.05, 3.63) is 59.5 Å². The second-order valence-electron chi connectivity index (χ2n) is 8.83. The lowest BCUT2D eigenvalue weighted by molar-refractivity contribution is -0.136. The number of aliphatic hydroxyl groups is 1. The summed E-state index contributed by atoms with van der Waals surface area (Å²) >= 11 is 0. The third-order valence-corrected chi connectivity index (χ3v) is 6.91. The highest BCUT2D eigenvalue weighted by molar-refractivity contribution is 5.89. The number of hydrogen-bond acceptors (Lipinski definition) is 5. The number of aryl methyl sites for hydroxylation is 1. The molecule has 0 saturated carbocycles. The zero-order valence-corrected chi connectivity index (χ0v) is 18.2. The summed E-state index contributed by atoms with van der Waals surface area (Å²) in [6.07, 6.45) is 3.70. The number of amides is 1. The second kappa shape index (κ2) is 7.35. The molecule has 1 spiro atoms. The van der Waals surface area contributed by atoms with Crippen molar-refractivity contribution in [1.29, 1.82) is 0 Å². The molecule has 0 unspecified atom stereocenters. The van der Waals surface area contributed by atoms with Crippen molar-refractivity contribution in [2.24, 2.45) is 7.05 Å². The van der Waals surface area contributed by atoms with E-state index in [1.165, 1.54) is 16.5 Å². The van der Waals surface area contributed by atoms with Crippen LogP contribution in [0, 0.1) is 0 Å². The van der Waals surface area contributed by atoms with Gasteiger partial charge in [0, 0.05) is 75.1 Å². The number of benzene rings is 1. The number of hydrogen-bond donors (Lipinski definition) is 1. The zero-order valence-electron chi connectivity index (χ0n) is 18.2. The summed E-state index contributed by atoms with van der Waals surface area (Å²) < 4.78 is 7.59. The molecule has 2 aromatic heterocycles. The number of carbonyl (C=O) groups excluding carboxylic acids is 1. The van der Waals surface area contributed by atoms with E-state index < -0.39 is 0 Å². The van der Waals surface area contributed by atoms with Crippen LogP contribution in [0.25, 0.3) is 10.9 Å². The predicted molar refractivity (Wildman–Crippen MR) is 118 cm³/mol. The molecular weight excluding hydrogens is 392 g/mol. The number of rotatable bonds is 4. The topological polar surface area (TPSA) is 70.8 Å². The smallest absolute Gasteiger partial charge is 0.220 e. The van der Waals surface area contributed by atoms with Crippen LogP contribution in [0.3, 0.4) is 0 Å². The van der Waals surface area contributed by atoms with E-state index in [2.05, 4.69) is 26.6 Å². The fourth-order valence-corrected chi connectivity index (χ4v) is 5.62. The van der Waals surface area contributed by atoms with Crippen molar-refractivity contribution in [3.8, 4) is 5.75 Å². The molecule has 1 fully saturated rings. The highest BCUT2D eigenvalue weighted by atomic mass is 16.5. The lowest BCUT2D eigenvalue weighted by atomic mass is 9.68. The van der Waals surface area contributed by atoms with Crippen molar-refractivity contribution in [2.45, 2.75) is 24.9 Å². The standard InChI is InChI=1S/C24H28N4O3/c1-16(30)28-15-24(13-27(14-24)11-17-5-4-8-25-10-17)22-19-7-6-18(31-3)9-20(19)26(2)23(22)21(28)12-29/h4-10,21,29H,11-15H2,1-3H3/t21-/m1/s1. The van der Waals surface area contributed by atoms with Crippen LogP contribution in [0.1, 0.15) is 29.8 Å². The monoisotopic (exact) mass is 420 g/mol. The number of carbonyl (C=O) groups is 1. The predicted octanol–water partition coefficient (Wildman–Crippen LogP) is 2.23. The van der Waals surface area contributed by atoms with Gasteiger partial charge in [-0.15, -0.1) is 0 Å². The number of ether oxygens (including phenoxy) is 1. The van der Waals surface area contributed by atoms with Crippen LogP contribution < -0.4 is 4.74 Å². The Kier molecular flexibility index (Phi) is 4.75. The first-order valence-corrected chi connectivity index (χ1v) is 10.6. The molecule has 31 heavy (non-hydrogen) atoms. The van der Waals surface area contributed by atoms with E-state index in [1.807, 2.05) is 36.3 Å². The summed E-state index contributed by atoms with van der Waals surface area (Å²) in [5, 5.41) is 11.4. The Bertz CT molecular complexity index is 1130. The average Bonchev–Trinajstić information content (AvgIpc) is 3.05. The van der Waals surface area contributed by atoms with Crippen LogP contribution in [0.5, 0.6) is 5.75 Å². The van der Waals surface area contributed by atoms with Gasteiger partial charge < -0.3 is 19.3 Å². The van der Waals surface area contributed by atoms with Gasteiger partial charge in [0.1, 0.15) is 5.75 Å². The summed E-state index contributed by atoms with van der Waals surface area (Å²) in [5.74, 6) is 0.799. The van der Waals surface area contributed by atoms with E-state index in [0.29, 0.717) is 6.54 Å². The van der Waals surface area contributed by atoms with Crippen molar-refractivity contribution >= 4 is 16.8 Å². The van der Waals surface area contributed by atoms with Gasteiger partial charge in [0.05, 0.1) is 25.3 Å². The SMILES string of the molecule is COc1ccc2c3c(n(C)c2c1)[C@@H](CO)N(C(C)=O)CC31CN(Cc2cccnc2)C1. The van der Waals surface area contributed by atoms with E-state index >= 15 is 0 Å². The van der Waals surface area contributed by atoms with E-state index in [0.717, 1.165) is 36.6 Å². The Balaban J connectivity index is 1.60. The van der Waals surface area contributed by atoms with Crippen molar-refractivity contribution in [1.82, 2.24) is 19.4 Å². The van der Waals surface area contributed by atoms with Gasteiger partial charge in [-0.1, -0.05) is 6.07 Å². The Morgan fingerprint density at radius 1 is 1.29 bits per heavy atom. The Morgan fingerprint density at radius 3 is 2.74 bits per heavy atom. The van der Waals surface area contributed by atoms with Crippen molar-refractivity contribution < 1.29 is 14.6 Å². The van der Waals surface area contributed by atoms with Crippen molar-refractivity contribution in [2.75, 3.05) is 33.4 Å². The Morgan fingerprint density at radius 2 is 2.10 bits per heavy atom. The van der Waals surface area contributed by atoms with Crippen LogP contribution in [0.4, 0.5) is 0 Å². The fraction of sp³-hybridized carbons (Fsp3) is 0.417. The second-order valence-corrected chi connectivity index (χ2v) is 8.83. The van der Waals surface area contributed by atoms with Gasteiger partial charge in [-0.2, -0.15) is 0 Å². The zero-order chi connectivity index (χ0) is 21.8. The number of aromatic nitrogens is 2. The number of likely N-dealkylation sites (tertiary alicyclic amines) is 1. The summed E-state index contributed by atoms with van der Waals surface area (Å²) in [5.41, 5.74) is 4.41. The molecule has 7 heteroatoms. The Hall–Kier alpha value is -2.90. The molecule has 1 saturated heterocycles. The number of methoxy groups -OCH3 is 1. The summed E-state index contributed by atoms with van der Waals surface area (Å²) in [4.78, 5) is 21.0. The third-order valence-electron chi connectivity index (χ3n) is 6.91. The van der Waals surface area contributed by atoms with Gasteiger partial charge in [-0.3, -0.25) is 14.7 Å². The molecule has 0 bridgehead atoms. The maximum absolute atomic E-state index is 12.6. The van der Waals surface area contributed by atoms with E-state index in [1.54, 1.807) is 20.2 Å². The molecule has 2 aliphatic rings. The molecule has 4 heterocycles. The lowest BCUT2D eigenvalue weighted by Crippen LogP contribution is -2.66. The van der Waals surface area contributed by atoms with Gasteiger partial charge in [-0.05, 0) is 29.3 Å². The van der Waals surface area contributed by atoms with Gasteiger partial charge in [0.25, 0.3) is 0 Å². The minimum Gasteiger partial charge on any atom is -0.497 e. The lowest BCUT2D eigenvalue weighted by Gasteiger charge is -2.56. The molecule has 1 N–H and O–H groups in total. The summed E-state index contributed by atoms with van der Waals surface area (Å²) in [6, 6.07) is 9.88. The first kappa shape index (κ1) is 20.0. The van der Waals surface area contributed by atoms with E-state index in [4.69, 9.17) is 4.74 Å². The molecule has 3 aromatic rings. The van der Waals surface area contributed by atoms with E-state index in [9.17, 15) is 9.90 Å². The highest BCUT2D eigenvalue weighted by Gasteiger charge is 2.53. The fourth-order valence-electron chi connectivity index (χ4n) is 5.62. The summed E-state index contributed by atoms with van der Waals surface area (Å²) in [6.45, 7) is 4.69.